The molecule has 3 fully saturated rings. The second-order valence-corrected chi connectivity index (χ2v) is 13.4. The molecule has 4 heterocycles. The number of aliphatic hydroxyl groups excluding tert-OH is 1. The number of carbonyl (C=O) groups is 1. The van der Waals surface area contributed by atoms with Gasteiger partial charge in [0.1, 0.15) is 11.4 Å². The standard InChI is InChI=1S/C28H34FN5O5S/c1-27(29)7-10-34(18-27)25-24-19(4-14-39-24)16-22(30-25)26(36)31-21-3-2-20(32-40(37,38)15-13-35)17-23(21)33-11-8-28(5-6-28)9-12-33/h2-4,14,16-17,32,35H,5-13,15,18H2,1H3,(H,31,36). The third-order valence-electron chi connectivity index (χ3n) is 8.37. The monoisotopic (exact) mass is 571 g/mol. The maximum atomic E-state index is 14.6. The van der Waals surface area contributed by atoms with Gasteiger partial charge in [0.2, 0.25) is 10.0 Å². The Balaban J connectivity index is 1.30. The summed E-state index contributed by atoms with van der Waals surface area (Å²) in [6.45, 7) is 3.31. The summed E-state index contributed by atoms with van der Waals surface area (Å²) in [5, 5.41) is 12.8. The van der Waals surface area contributed by atoms with Crippen LogP contribution < -0.4 is 19.8 Å². The van der Waals surface area contributed by atoms with Crippen LogP contribution in [0.2, 0.25) is 0 Å². The number of nitrogens with one attached hydrogen (secondary N) is 2. The number of pyridine rings is 1. The topological polar surface area (TPSA) is 128 Å². The van der Waals surface area contributed by atoms with E-state index in [1.165, 1.54) is 19.1 Å². The van der Waals surface area contributed by atoms with E-state index in [4.69, 9.17) is 9.52 Å². The number of rotatable bonds is 8. The van der Waals surface area contributed by atoms with Crippen molar-refractivity contribution in [1.29, 1.82) is 0 Å². The molecule has 1 unspecified atom stereocenters. The molecule has 3 aromatic rings. The zero-order valence-electron chi connectivity index (χ0n) is 22.5. The van der Waals surface area contributed by atoms with E-state index >= 15 is 0 Å². The van der Waals surface area contributed by atoms with Crippen LogP contribution in [0.1, 0.15) is 49.5 Å². The third kappa shape index (κ3) is 5.46. The number of aromatic nitrogens is 1. The number of benzene rings is 1. The van der Waals surface area contributed by atoms with E-state index in [2.05, 4.69) is 19.9 Å². The SMILES string of the molecule is CC1(F)CCN(c2nc(C(=O)Nc3ccc(NS(=O)(=O)CCO)cc3N3CCC4(CC3)CC4)cc3ccoc23)C1. The highest BCUT2D eigenvalue weighted by atomic mass is 32.2. The highest BCUT2D eigenvalue weighted by Gasteiger charge is 2.44. The Kier molecular flexibility index (Phi) is 6.65. The van der Waals surface area contributed by atoms with Crippen LogP contribution in [0.4, 0.5) is 27.3 Å². The molecule has 12 heteroatoms. The number of hydrogen-bond acceptors (Lipinski definition) is 8. The Morgan fingerprint density at radius 3 is 2.52 bits per heavy atom. The minimum Gasteiger partial charge on any atom is -0.460 e. The van der Waals surface area contributed by atoms with Crippen molar-refractivity contribution in [1.82, 2.24) is 4.98 Å². The van der Waals surface area contributed by atoms with E-state index in [1.807, 2.05) is 4.90 Å². The van der Waals surface area contributed by atoms with E-state index in [0.29, 0.717) is 52.2 Å². The molecule has 2 aromatic heterocycles. The fourth-order valence-electron chi connectivity index (χ4n) is 5.79. The van der Waals surface area contributed by atoms with Crippen molar-refractivity contribution < 1.29 is 27.1 Å². The van der Waals surface area contributed by atoms with Crippen LogP contribution in [0.5, 0.6) is 0 Å². The van der Waals surface area contributed by atoms with Crippen LogP contribution in [0.15, 0.2) is 41.0 Å². The van der Waals surface area contributed by atoms with E-state index < -0.39 is 34.0 Å². The zero-order valence-corrected chi connectivity index (χ0v) is 23.3. The number of alkyl halides is 1. The smallest absolute Gasteiger partial charge is 0.274 e. The first kappa shape index (κ1) is 26.8. The van der Waals surface area contributed by atoms with E-state index in [0.717, 1.165) is 25.9 Å². The number of aliphatic hydroxyl groups is 1. The Hall–Kier alpha value is -3.38. The van der Waals surface area contributed by atoms with Gasteiger partial charge in [0.15, 0.2) is 11.4 Å². The first-order valence-electron chi connectivity index (χ1n) is 13.7. The quantitative estimate of drug-likeness (QED) is 0.368. The second-order valence-electron chi connectivity index (χ2n) is 11.6. The number of halogens is 1. The second kappa shape index (κ2) is 9.91. The maximum absolute atomic E-state index is 14.6. The fraction of sp³-hybridized carbons (Fsp3) is 0.500. The van der Waals surface area contributed by atoms with Crippen molar-refractivity contribution in [2.24, 2.45) is 5.41 Å². The zero-order chi connectivity index (χ0) is 28.1. The van der Waals surface area contributed by atoms with Crippen molar-refractivity contribution in [3.8, 4) is 0 Å². The number of amides is 1. The van der Waals surface area contributed by atoms with Crippen molar-refractivity contribution in [3.05, 3.63) is 42.3 Å². The average molecular weight is 572 g/mol. The van der Waals surface area contributed by atoms with E-state index in [-0.39, 0.29) is 12.2 Å². The predicted molar refractivity (Wildman–Crippen MR) is 152 cm³/mol. The number of sulfonamides is 1. The van der Waals surface area contributed by atoms with Gasteiger partial charge in [-0.15, -0.1) is 0 Å². The van der Waals surface area contributed by atoms with Crippen molar-refractivity contribution in [2.45, 2.75) is 44.7 Å². The first-order chi connectivity index (χ1) is 19.1. The van der Waals surface area contributed by atoms with Crippen LogP contribution in [0.25, 0.3) is 11.0 Å². The molecule has 40 heavy (non-hydrogen) atoms. The molecule has 0 radical (unpaired) electrons. The van der Waals surface area contributed by atoms with Gasteiger partial charge < -0.3 is 24.6 Å². The minimum atomic E-state index is -3.71. The summed E-state index contributed by atoms with van der Waals surface area (Å²) < 4.78 is 47.4. The molecule has 214 valence electrons. The molecule has 1 spiro atoms. The molecule has 3 aliphatic rings. The molecular formula is C28H34FN5O5S. The molecule has 3 N–H and O–H groups in total. The molecule has 1 atom stereocenters. The normalized spacial score (nSPS) is 22.2. The first-order valence-corrected chi connectivity index (χ1v) is 15.3. The van der Waals surface area contributed by atoms with Crippen molar-refractivity contribution >= 4 is 49.8 Å². The number of nitrogens with zero attached hydrogens (tertiary/aromatic N) is 3. The van der Waals surface area contributed by atoms with Gasteiger partial charge in [0, 0.05) is 31.4 Å². The average Bonchev–Trinajstić information content (AvgIpc) is 3.30. The lowest BCUT2D eigenvalue weighted by Crippen LogP contribution is -2.35. The fourth-order valence-corrected chi connectivity index (χ4v) is 6.62. The van der Waals surface area contributed by atoms with E-state index in [1.54, 1.807) is 37.3 Å². The molecule has 10 nitrogen and oxygen atoms in total. The van der Waals surface area contributed by atoms with Gasteiger partial charge in [-0.25, -0.2) is 17.8 Å². The summed E-state index contributed by atoms with van der Waals surface area (Å²) in [6, 6.07) is 8.39. The lowest BCUT2D eigenvalue weighted by Gasteiger charge is -2.35. The highest BCUT2D eigenvalue weighted by Crippen LogP contribution is 2.54. The van der Waals surface area contributed by atoms with E-state index in [9.17, 15) is 17.6 Å². The molecular weight excluding hydrogens is 537 g/mol. The Bertz CT molecular complexity index is 1540. The molecule has 1 saturated carbocycles. The molecule has 6 rings (SSSR count). The van der Waals surface area contributed by atoms with Crippen molar-refractivity contribution in [3.63, 3.8) is 0 Å². The van der Waals surface area contributed by atoms with Crippen LogP contribution in [-0.2, 0) is 10.0 Å². The van der Waals surface area contributed by atoms with Crippen LogP contribution in [-0.4, -0.2) is 68.6 Å². The van der Waals surface area contributed by atoms with Gasteiger partial charge in [-0.1, -0.05) is 0 Å². The number of anilines is 4. The summed E-state index contributed by atoms with van der Waals surface area (Å²) in [4.78, 5) is 22.1. The molecule has 1 aromatic carbocycles. The largest absolute Gasteiger partial charge is 0.460 e. The Morgan fingerprint density at radius 2 is 1.85 bits per heavy atom. The van der Waals surface area contributed by atoms with Gasteiger partial charge in [-0.2, -0.15) is 0 Å². The molecule has 0 bridgehead atoms. The van der Waals surface area contributed by atoms with Gasteiger partial charge in [-0.05, 0) is 68.4 Å². The van der Waals surface area contributed by atoms with Gasteiger partial charge in [0.25, 0.3) is 5.91 Å². The number of piperidine rings is 1. The summed E-state index contributed by atoms with van der Waals surface area (Å²) in [5.74, 6) is -0.401. The number of fused-ring (bicyclic) bond motifs is 1. The number of hydrogen-bond donors (Lipinski definition) is 3. The van der Waals surface area contributed by atoms with Crippen LogP contribution >= 0.6 is 0 Å². The molecule has 1 aliphatic carbocycles. The maximum Gasteiger partial charge on any atom is 0.274 e. The summed E-state index contributed by atoms with van der Waals surface area (Å²) in [5.41, 5.74) is 1.38. The Morgan fingerprint density at radius 1 is 1.10 bits per heavy atom. The van der Waals surface area contributed by atoms with Gasteiger partial charge in [0.05, 0.1) is 42.2 Å². The third-order valence-corrected chi connectivity index (χ3v) is 9.64. The molecule has 1 amide bonds. The van der Waals surface area contributed by atoms with Crippen LogP contribution in [0, 0.1) is 5.41 Å². The molecule has 2 saturated heterocycles. The predicted octanol–water partition coefficient (Wildman–Crippen LogP) is 4.13. The summed E-state index contributed by atoms with van der Waals surface area (Å²) in [7, 11) is -3.71. The summed E-state index contributed by atoms with van der Waals surface area (Å²) in [6.07, 6.45) is 6.48. The number of furan rings is 1. The van der Waals surface area contributed by atoms with Gasteiger partial charge >= 0.3 is 0 Å². The summed E-state index contributed by atoms with van der Waals surface area (Å²) >= 11 is 0. The highest BCUT2D eigenvalue weighted by molar-refractivity contribution is 7.92. The molecule has 2 aliphatic heterocycles. The Labute approximate surface area is 232 Å². The number of carbonyl (C=O) groups excluding carboxylic acids is 1. The lowest BCUT2D eigenvalue weighted by molar-refractivity contribution is 0.102. The lowest BCUT2D eigenvalue weighted by atomic mass is 9.93. The van der Waals surface area contributed by atoms with Crippen LogP contribution in [0.3, 0.4) is 0 Å². The minimum absolute atomic E-state index is 0.162. The van der Waals surface area contributed by atoms with Gasteiger partial charge in [-0.3, -0.25) is 9.52 Å². The van der Waals surface area contributed by atoms with Crippen molar-refractivity contribution in [2.75, 3.05) is 58.4 Å².